The molecule has 0 amide bonds. The molecule has 0 spiro atoms. The predicted octanol–water partition coefficient (Wildman–Crippen LogP) is 1.63. The lowest BCUT2D eigenvalue weighted by Gasteiger charge is -2.36. The standard InChI is InChI=1S/C18H27N7S/c1-14-12-16(21-17(20-14)24-6-4-22(3)5-7-24)23-8-10-25(11-9-23)18-19-13-15(2)26-18/h12-13H,4-11H2,1-3H3. The van der Waals surface area contributed by atoms with Gasteiger partial charge < -0.3 is 19.6 Å². The SMILES string of the molecule is Cc1cc(N2CCN(c3ncc(C)s3)CC2)nc(N2CCN(C)CC2)n1. The molecule has 4 rings (SSSR count). The first-order valence-electron chi connectivity index (χ1n) is 9.30. The monoisotopic (exact) mass is 373 g/mol. The second-order valence-electron chi connectivity index (χ2n) is 7.19. The van der Waals surface area contributed by atoms with Gasteiger partial charge in [0.2, 0.25) is 5.95 Å². The van der Waals surface area contributed by atoms with E-state index in [1.807, 2.05) is 6.20 Å². The second-order valence-corrected chi connectivity index (χ2v) is 8.40. The van der Waals surface area contributed by atoms with Gasteiger partial charge in [-0.1, -0.05) is 0 Å². The van der Waals surface area contributed by atoms with Crippen LogP contribution in [-0.2, 0) is 0 Å². The molecule has 2 aliphatic heterocycles. The van der Waals surface area contributed by atoms with Crippen LogP contribution in [0.5, 0.6) is 0 Å². The summed E-state index contributed by atoms with van der Waals surface area (Å²) in [6.45, 7) is 12.2. The van der Waals surface area contributed by atoms with Crippen LogP contribution in [0.15, 0.2) is 12.3 Å². The molecule has 140 valence electrons. The summed E-state index contributed by atoms with van der Waals surface area (Å²) >= 11 is 1.78. The average molecular weight is 374 g/mol. The summed E-state index contributed by atoms with van der Waals surface area (Å²) < 4.78 is 0. The van der Waals surface area contributed by atoms with Gasteiger partial charge in [0.25, 0.3) is 0 Å². The number of piperazine rings is 2. The highest BCUT2D eigenvalue weighted by Crippen LogP contribution is 2.25. The van der Waals surface area contributed by atoms with Crippen LogP contribution in [0.3, 0.4) is 0 Å². The molecule has 2 aromatic heterocycles. The van der Waals surface area contributed by atoms with Gasteiger partial charge in [-0.25, -0.2) is 9.97 Å². The Hall–Kier alpha value is -1.93. The number of thiazole rings is 1. The normalized spacial score (nSPS) is 19.3. The fourth-order valence-corrected chi connectivity index (χ4v) is 4.27. The first-order valence-corrected chi connectivity index (χ1v) is 10.1. The van der Waals surface area contributed by atoms with E-state index in [0.29, 0.717) is 0 Å². The van der Waals surface area contributed by atoms with E-state index in [2.05, 4.69) is 51.5 Å². The molecule has 0 N–H and O–H groups in total. The van der Waals surface area contributed by atoms with Crippen molar-refractivity contribution in [3.05, 3.63) is 22.8 Å². The zero-order valence-electron chi connectivity index (χ0n) is 15.9. The smallest absolute Gasteiger partial charge is 0.227 e. The molecule has 8 heteroatoms. The van der Waals surface area contributed by atoms with E-state index in [9.17, 15) is 0 Å². The molecule has 0 saturated carbocycles. The lowest BCUT2D eigenvalue weighted by atomic mass is 10.3. The van der Waals surface area contributed by atoms with Crippen molar-refractivity contribution in [2.75, 3.05) is 74.1 Å². The highest BCUT2D eigenvalue weighted by atomic mass is 32.1. The van der Waals surface area contributed by atoms with Crippen LogP contribution in [0.4, 0.5) is 16.9 Å². The van der Waals surface area contributed by atoms with Crippen LogP contribution in [0.25, 0.3) is 0 Å². The van der Waals surface area contributed by atoms with Crippen LogP contribution >= 0.6 is 11.3 Å². The number of likely N-dealkylation sites (N-methyl/N-ethyl adjacent to an activating group) is 1. The van der Waals surface area contributed by atoms with Crippen LogP contribution in [0.2, 0.25) is 0 Å². The first kappa shape index (κ1) is 17.5. The summed E-state index contributed by atoms with van der Waals surface area (Å²) in [4.78, 5) is 24.8. The third kappa shape index (κ3) is 3.76. The maximum atomic E-state index is 4.90. The Morgan fingerprint density at radius 2 is 1.50 bits per heavy atom. The molecular weight excluding hydrogens is 346 g/mol. The lowest BCUT2D eigenvalue weighted by Crippen LogP contribution is -2.47. The number of hydrogen-bond donors (Lipinski definition) is 0. The number of rotatable bonds is 3. The highest BCUT2D eigenvalue weighted by molar-refractivity contribution is 7.15. The van der Waals surface area contributed by atoms with E-state index in [1.165, 1.54) is 4.88 Å². The molecule has 0 aliphatic carbocycles. The minimum atomic E-state index is 0.881. The van der Waals surface area contributed by atoms with E-state index in [-0.39, 0.29) is 0 Å². The van der Waals surface area contributed by atoms with Gasteiger partial charge in [-0.3, -0.25) is 0 Å². The number of hydrogen-bond acceptors (Lipinski definition) is 8. The van der Waals surface area contributed by atoms with Gasteiger partial charge in [0, 0.05) is 75.2 Å². The lowest BCUT2D eigenvalue weighted by molar-refractivity contribution is 0.311. The second kappa shape index (κ2) is 7.36. The minimum absolute atomic E-state index is 0.881. The third-order valence-electron chi connectivity index (χ3n) is 5.10. The Balaban J connectivity index is 1.45. The van der Waals surface area contributed by atoms with E-state index >= 15 is 0 Å². The minimum Gasteiger partial charge on any atom is -0.353 e. The Labute approximate surface area is 159 Å². The summed E-state index contributed by atoms with van der Waals surface area (Å²) in [5.41, 5.74) is 1.04. The summed E-state index contributed by atoms with van der Waals surface area (Å²) in [5, 5.41) is 1.14. The van der Waals surface area contributed by atoms with E-state index < -0.39 is 0 Å². The molecule has 0 bridgehead atoms. The van der Waals surface area contributed by atoms with Gasteiger partial charge in [0.1, 0.15) is 5.82 Å². The number of aryl methyl sites for hydroxylation is 2. The molecule has 0 aromatic carbocycles. The van der Waals surface area contributed by atoms with Gasteiger partial charge in [0.15, 0.2) is 5.13 Å². The van der Waals surface area contributed by atoms with Gasteiger partial charge in [-0.2, -0.15) is 4.98 Å². The van der Waals surface area contributed by atoms with E-state index in [0.717, 1.165) is 74.9 Å². The van der Waals surface area contributed by atoms with Crippen molar-refractivity contribution >= 4 is 28.2 Å². The molecule has 2 aromatic rings. The number of nitrogens with zero attached hydrogens (tertiary/aromatic N) is 7. The zero-order chi connectivity index (χ0) is 18.1. The molecule has 7 nitrogen and oxygen atoms in total. The Kier molecular flexibility index (Phi) is 4.95. The van der Waals surface area contributed by atoms with Crippen molar-refractivity contribution in [1.82, 2.24) is 19.9 Å². The number of aromatic nitrogens is 3. The topological polar surface area (TPSA) is 51.6 Å². The fraction of sp³-hybridized carbons (Fsp3) is 0.611. The van der Waals surface area contributed by atoms with Crippen molar-refractivity contribution < 1.29 is 0 Å². The maximum absolute atomic E-state index is 4.90. The predicted molar refractivity (Wildman–Crippen MR) is 108 cm³/mol. The number of anilines is 3. The van der Waals surface area contributed by atoms with Crippen LogP contribution < -0.4 is 14.7 Å². The first-order chi connectivity index (χ1) is 12.6. The van der Waals surface area contributed by atoms with Crippen LogP contribution in [-0.4, -0.2) is 79.3 Å². The molecule has 2 saturated heterocycles. The third-order valence-corrected chi connectivity index (χ3v) is 6.07. The van der Waals surface area contributed by atoms with Crippen LogP contribution in [0, 0.1) is 13.8 Å². The molecule has 0 unspecified atom stereocenters. The maximum Gasteiger partial charge on any atom is 0.227 e. The molecule has 2 fully saturated rings. The quantitative estimate of drug-likeness (QED) is 0.810. The van der Waals surface area contributed by atoms with Gasteiger partial charge >= 0.3 is 0 Å². The van der Waals surface area contributed by atoms with Crippen LogP contribution in [0.1, 0.15) is 10.6 Å². The highest BCUT2D eigenvalue weighted by Gasteiger charge is 2.22. The summed E-state index contributed by atoms with van der Waals surface area (Å²) in [7, 11) is 2.17. The van der Waals surface area contributed by atoms with Gasteiger partial charge in [0.05, 0.1) is 0 Å². The van der Waals surface area contributed by atoms with Crippen molar-refractivity contribution in [3.8, 4) is 0 Å². The molecule has 0 radical (unpaired) electrons. The van der Waals surface area contributed by atoms with E-state index in [4.69, 9.17) is 9.97 Å². The summed E-state index contributed by atoms with van der Waals surface area (Å²) in [5.74, 6) is 1.94. The molecule has 4 heterocycles. The Morgan fingerprint density at radius 1 is 0.846 bits per heavy atom. The Morgan fingerprint density at radius 3 is 2.15 bits per heavy atom. The largest absolute Gasteiger partial charge is 0.353 e. The fourth-order valence-electron chi connectivity index (χ4n) is 3.46. The van der Waals surface area contributed by atoms with Crippen molar-refractivity contribution in [3.63, 3.8) is 0 Å². The zero-order valence-corrected chi connectivity index (χ0v) is 16.7. The van der Waals surface area contributed by atoms with Gasteiger partial charge in [-0.05, 0) is 20.9 Å². The Bertz CT molecular complexity index is 746. The van der Waals surface area contributed by atoms with Gasteiger partial charge in [-0.15, -0.1) is 11.3 Å². The molecule has 2 aliphatic rings. The summed E-state index contributed by atoms with van der Waals surface area (Å²) in [6.07, 6.45) is 1.96. The summed E-state index contributed by atoms with van der Waals surface area (Å²) in [6, 6.07) is 2.11. The molecule has 26 heavy (non-hydrogen) atoms. The van der Waals surface area contributed by atoms with E-state index in [1.54, 1.807) is 11.3 Å². The average Bonchev–Trinajstić information content (AvgIpc) is 3.08. The molecular formula is C18H27N7S. The van der Waals surface area contributed by atoms with Crippen molar-refractivity contribution in [1.29, 1.82) is 0 Å². The molecule has 0 atom stereocenters. The van der Waals surface area contributed by atoms with Crippen molar-refractivity contribution in [2.24, 2.45) is 0 Å². The van der Waals surface area contributed by atoms with Crippen molar-refractivity contribution in [2.45, 2.75) is 13.8 Å².